The first kappa shape index (κ1) is 19.1. The molecule has 0 heterocycles. The molecule has 0 aliphatic rings. The monoisotopic (exact) mass is 461 g/mol. The summed E-state index contributed by atoms with van der Waals surface area (Å²) in [4.78, 5) is 23.4. The molecule has 2 rings (SSSR count). The van der Waals surface area contributed by atoms with Crippen LogP contribution in [0.25, 0.3) is 0 Å². The van der Waals surface area contributed by atoms with Crippen LogP contribution in [0.2, 0.25) is 0 Å². The van der Waals surface area contributed by atoms with Crippen LogP contribution in [0.5, 0.6) is 5.75 Å². The van der Waals surface area contributed by atoms with Crippen LogP contribution in [0.15, 0.2) is 48.5 Å². The van der Waals surface area contributed by atoms with Gasteiger partial charge in [0.2, 0.25) is 0 Å². The smallest absolute Gasteiger partial charge is 0.387 e. The molecule has 5 nitrogen and oxygen atoms in total. The van der Waals surface area contributed by atoms with Crippen LogP contribution >= 0.6 is 22.6 Å². The molecule has 0 unspecified atom stereocenters. The van der Waals surface area contributed by atoms with E-state index in [1.165, 1.54) is 24.3 Å². The van der Waals surface area contributed by atoms with E-state index in [0.29, 0.717) is 11.3 Å². The molecule has 2 aromatic rings. The zero-order valence-electron chi connectivity index (χ0n) is 12.9. The van der Waals surface area contributed by atoms with E-state index < -0.39 is 25.1 Å². The van der Waals surface area contributed by atoms with Gasteiger partial charge in [0, 0.05) is 9.26 Å². The number of hydrogen-bond donors (Lipinski definition) is 1. The lowest BCUT2D eigenvalue weighted by Gasteiger charge is -2.08. The zero-order chi connectivity index (χ0) is 18.2. The summed E-state index contributed by atoms with van der Waals surface area (Å²) in [5.74, 6) is -1.04. The lowest BCUT2D eigenvalue weighted by molar-refractivity contribution is -0.146. The Morgan fingerprint density at radius 2 is 1.68 bits per heavy atom. The second-order valence-electron chi connectivity index (χ2n) is 4.91. The van der Waals surface area contributed by atoms with Crippen molar-refractivity contribution in [3.05, 3.63) is 57.7 Å². The second kappa shape index (κ2) is 9.30. The summed E-state index contributed by atoms with van der Waals surface area (Å²) in [6.45, 7) is -3.31. The summed E-state index contributed by atoms with van der Waals surface area (Å²) >= 11 is 2.15. The van der Waals surface area contributed by atoms with Gasteiger partial charge in [0.25, 0.3) is 5.91 Å². The minimum atomic E-state index is -2.90. The van der Waals surface area contributed by atoms with Crippen LogP contribution in [0.3, 0.4) is 0 Å². The Kier molecular flexibility index (Phi) is 7.11. The predicted octanol–water partition coefficient (Wildman–Crippen LogP) is 3.62. The van der Waals surface area contributed by atoms with Gasteiger partial charge in [-0.05, 0) is 64.6 Å². The number of alkyl halides is 2. The Hall–Kier alpha value is -2.23. The van der Waals surface area contributed by atoms with Gasteiger partial charge in [0.05, 0.1) is 6.42 Å². The van der Waals surface area contributed by atoms with E-state index in [1.807, 2.05) is 12.1 Å². The fourth-order valence-corrected chi connectivity index (χ4v) is 2.24. The van der Waals surface area contributed by atoms with Crippen molar-refractivity contribution in [2.75, 3.05) is 11.9 Å². The molecule has 1 N–H and O–H groups in total. The molecule has 0 saturated heterocycles. The molecule has 25 heavy (non-hydrogen) atoms. The van der Waals surface area contributed by atoms with Gasteiger partial charge < -0.3 is 14.8 Å². The van der Waals surface area contributed by atoms with E-state index in [4.69, 9.17) is 4.74 Å². The highest BCUT2D eigenvalue weighted by Crippen LogP contribution is 2.15. The highest BCUT2D eigenvalue weighted by atomic mass is 127. The van der Waals surface area contributed by atoms with Gasteiger partial charge in [-0.1, -0.05) is 12.1 Å². The number of esters is 1. The Morgan fingerprint density at radius 1 is 1.04 bits per heavy atom. The lowest BCUT2D eigenvalue weighted by atomic mass is 10.1. The SMILES string of the molecule is O=C(COC(=O)Cc1ccc(OC(F)F)cc1)Nc1ccc(I)cc1. The van der Waals surface area contributed by atoms with Crippen molar-refractivity contribution < 1.29 is 27.8 Å². The second-order valence-corrected chi connectivity index (χ2v) is 6.16. The number of ether oxygens (including phenoxy) is 2. The Morgan fingerprint density at radius 3 is 2.28 bits per heavy atom. The number of rotatable bonds is 7. The molecule has 132 valence electrons. The molecule has 0 bridgehead atoms. The van der Waals surface area contributed by atoms with Gasteiger partial charge >= 0.3 is 12.6 Å². The number of amides is 1. The van der Waals surface area contributed by atoms with Gasteiger partial charge in [0.15, 0.2) is 6.61 Å². The minimum Gasteiger partial charge on any atom is -0.455 e. The fraction of sp³-hybridized carbons (Fsp3) is 0.176. The molecule has 0 fully saturated rings. The van der Waals surface area contributed by atoms with Crippen molar-refractivity contribution in [2.45, 2.75) is 13.0 Å². The van der Waals surface area contributed by atoms with Crippen LogP contribution in [0.4, 0.5) is 14.5 Å². The molecule has 0 spiro atoms. The molecule has 8 heteroatoms. The van der Waals surface area contributed by atoms with Crippen molar-refractivity contribution >= 4 is 40.2 Å². The summed E-state index contributed by atoms with van der Waals surface area (Å²) in [5.41, 5.74) is 1.17. The van der Waals surface area contributed by atoms with E-state index in [9.17, 15) is 18.4 Å². The maximum absolute atomic E-state index is 12.0. The zero-order valence-corrected chi connectivity index (χ0v) is 15.0. The molecule has 0 atom stereocenters. The van der Waals surface area contributed by atoms with Gasteiger partial charge in [-0.15, -0.1) is 0 Å². The number of carbonyl (C=O) groups excluding carboxylic acids is 2. The maximum Gasteiger partial charge on any atom is 0.387 e. The van der Waals surface area contributed by atoms with Crippen molar-refractivity contribution in [3.8, 4) is 5.75 Å². The Bertz CT molecular complexity index is 720. The normalized spacial score (nSPS) is 10.4. The molecule has 0 aliphatic carbocycles. The van der Waals surface area contributed by atoms with Crippen molar-refractivity contribution in [1.82, 2.24) is 0 Å². The van der Waals surface area contributed by atoms with Gasteiger partial charge in [0.1, 0.15) is 5.75 Å². The van der Waals surface area contributed by atoms with Crippen LogP contribution in [0.1, 0.15) is 5.56 Å². The summed E-state index contributed by atoms with van der Waals surface area (Å²) in [5, 5.41) is 2.61. The highest BCUT2D eigenvalue weighted by Gasteiger charge is 2.10. The van der Waals surface area contributed by atoms with Gasteiger partial charge in [-0.25, -0.2) is 0 Å². The van der Waals surface area contributed by atoms with E-state index in [1.54, 1.807) is 12.1 Å². The first-order chi connectivity index (χ1) is 11.9. The third-order valence-electron chi connectivity index (χ3n) is 2.99. The summed E-state index contributed by atoms with van der Waals surface area (Å²) in [7, 11) is 0. The average Bonchev–Trinajstić information content (AvgIpc) is 2.56. The number of benzene rings is 2. The predicted molar refractivity (Wildman–Crippen MR) is 95.5 cm³/mol. The van der Waals surface area contributed by atoms with Crippen LogP contribution < -0.4 is 10.1 Å². The number of anilines is 1. The van der Waals surface area contributed by atoms with Crippen molar-refractivity contribution in [1.29, 1.82) is 0 Å². The standard InChI is InChI=1S/C17H14F2INO4/c18-17(19)25-14-7-1-11(2-8-14)9-16(23)24-10-15(22)21-13-5-3-12(20)4-6-13/h1-8,17H,9-10H2,(H,21,22). The highest BCUT2D eigenvalue weighted by molar-refractivity contribution is 14.1. The Balaban J connectivity index is 1.76. The average molecular weight is 461 g/mol. The molecule has 0 radical (unpaired) electrons. The van der Waals surface area contributed by atoms with Crippen molar-refractivity contribution in [2.24, 2.45) is 0 Å². The van der Waals surface area contributed by atoms with Crippen molar-refractivity contribution in [3.63, 3.8) is 0 Å². The Labute approximate surface area is 156 Å². The third kappa shape index (κ3) is 7.04. The number of nitrogens with one attached hydrogen (secondary N) is 1. The molecular formula is C17H14F2INO4. The summed E-state index contributed by atoms with van der Waals surface area (Å²) < 4.78 is 34.2. The molecule has 2 aromatic carbocycles. The fourth-order valence-electron chi connectivity index (χ4n) is 1.88. The largest absolute Gasteiger partial charge is 0.455 e. The molecule has 0 aromatic heterocycles. The van der Waals surface area contributed by atoms with E-state index in [-0.39, 0.29) is 12.2 Å². The molecular weight excluding hydrogens is 447 g/mol. The number of carbonyl (C=O) groups is 2. The number of hydrogen-bond acceptors (Lipinski definition) is 4. The molecule has 0 aliphatic heterocycles. The van der Waals surface area contributed by atoms with E-state index in [0.717, 1.165) is 3.57 Å². The summed E-state index contributed by atoms with van der Waals surface area (Å²) in [6, 6.07) is 12.8. The first-order valence-corrected chi connectivity index (χ1v) is 8.25. The topological polar surface area (TPSA) is 64.6 Å². The molecule has 0 saturated carbocycles. The summed E-state index contributed by atoms with van der Waals surface area (Å²) in [6.07, 6.45) is -0.0776. The van der Waals surface area contributed by atoms with Gasteiger partial charge in [-0.3, -0.25) is 9.59 Å². The van der Waals surface area contributed by atoms with Crippen LogP contribution in [0, 0.1) is 3.57 Å². The first-order valence-electron chi connectivity index (χ1n) is 7.17. The quantitative estimate of drug-likeness (QED) is 0.506. The van der Waals surface area contributed by atoms with E-state index in [2.05, 4.69) is 32.6 Å². The third-order valence-corrected chi connectivity index (χ3v) is 3.71. The lowest BCUT2D eigenvalue weighted by Crippen LogP contribution is -2.21. The van der Waals surface area contributed by atoms with Gasteiger partial charge in [-0.2, -0.15) is 8.78 Å². The maximum atomic E-state index is 12.0. The van der Waals surface area contributed by atoms with Crippen LogP contribution in [-0.2, 0) is 20.7 Å². The molecule has 1 amide bonds. The van der Waals surface area contributed by atoms with E-state index >= 15 is 0 Å². The minimum absolute atomic E-state index is 0.00372. The number of halogens is 3. The van der Waals surface area contributed by atoms with Crippen LogP contribution in [-0.4, -0.2) is 25.1 Å².